The summed E-state index contributed by atoms with van der Waals surface area (Å²) in [4.78, 5) is 83.9. The molecule has 18 heteroatoms. The van der Waals surface area contributed by atoms with Gasteiger partial charge in [-0.2, -0.15) is 0 Å². The molecule has 4 rings (SSSR count). The molecule has 4 amide bonds. The van der Waals surface area contributed by atoms with Gasteiger partial charge < -0.3 is 34.6 Å². The lowest BCUT2D eigenvalue weighted by Gasteiger charge is -2.33. The van der Waals surface area contributed by atoms with Gasteiger partial charge in [-0.3, -0.25) is 38.6 Å². The largest absolute Gasteiger partial charge is 0.600 e. The SMILES string of the molecule is CCC(=O)OB(CC1c2nnc(o2)[C@H](Cc2ccccc2)NC(=O)CNC(=O)[C@H](CC(C)C)NC(=O)CN(C)C(=O)[C@@H]2CCCN12)OC(=O)CN(C)C. The molecule has 0 saturated carbocycles. The standard InChI is InChI=1S/C35H51BN8O9/c1-7-30(47)52-36(53-31(48)21-42(4)5)18-27-34-41-40-33(51-34)25(17-23-12-9-8-10-13-23)39-28(45)19-37-32(49)24(16-22(2)3)38-29(46)20-43(6)35(50)26-14-11-15-44(26)27/h8-10,12-13,22,24-27H,7,11,14-21H2,1-6H3,(H,37,49)(H,38,46)(H,39,45)/t24-,25-,26-,27?/m0/s1. The van der Waals surface area contributed by atoms with Crippen LogP contribution in [0.5, 0.6) is 0 Å². The van der Waals surface area contributed by atoms with E-state index in [4.69, 9.17) is 13.7 Å². The highest BCUT2D eigenvalue weighted by molar-refractivity contribution is 6.49. The van der Waals surface area contributed by atoms with Crippen molar-refractivity contribution in [2.45, 2.75) is 83.4 Å². The molecule has 2 aromatic rings. The van der Waals surface area contributed by atoms with Gasteiger partial charge in [0.2, 0.25) is 35.4 Å². The smallest absolute Gasteiger partial charge is 0.499 e. The van der Waals surface area contributed by atoms with E-state index in [-0.39, 0.29) is 55.9 Å². The zero-order valence-corrected chi connectivity index (χ0v) is 31.3. The van der Waals surface area contributed by atoms with Crippen molar-refractivity contribution >= 4 is 42.7 Å². The average molecular weight is 739 g/mol. The molecular weight excluding hydrogens is 687 g/mol. The quantitative estimate of drug-likeness (QED) is 0.271. The number of carbonyl (C=O) groups excluding carboxylic acids is 6. The van der Waals surface area contributed by atoms with Crippen molar-refractivity contribution in [1.82, 2.24) is 40.8 Å². The van der Waals surface area contributed by atoms with Crippen LogP contribution < -0.4 is 16.0 Å². The Kier molecular flexibility index (Phi) is 14.9. The van der Waals surface area contributed by atoms with Crippen LogP contribution in [0.25, 0.3) is 0 Å². The van der Waals surface area contributed by atoms with Crippen LogP contribution in [0.2, 0.25) is 6.32 Å². The lowest BCUT2D eigenvalue weighted by Crippen LogP contribution is -2.53. The second-order valence-electron chi connectivity index (χ2n) is 14.1. The fourth-order valence-electron chi connectivity index (χ4n) is 6.38. The highest BCUT2D eigenvalue weighted by atomic mass is 16.6. The Morgan fingerprint density at radius 1 is 1.00 bits per heavy atom. The van der Waals surface area contributed by atoms with E-state index in [1.165, 1.54) is 11.9 Å². The van der Waals surface area contributed by atoms with Crippen LogP contribution in [-0.4, -0.2) is 127 Å². The Morgan fingerprint density at radius 3 is 2.36 bits per heavy atom. The number of likely N-dealkylation sites (N-methyl/N-ethyl adjacent to an activating group) is 2. The summed E-state index contributed by atoms with van der Waals surface area (Å²) in [7, 11) is 3.52. The number of hydrogen-bond donors (Lipinski definition) is 3. The molecule has 1 unspecified atom stereocenters. The molecule has 1 aromatic carbocycles. The van der Waals surface area contributed by atoms with Crippen LogP contribution in [0.1, 0.15) is 75.9 Å². The van der Waals surface area contributed by atoms with Crippen LogP contribution in [0, 0.1) is 5.92 Å². The molecule has 0 spiro atoms. The predicted octanol–water partition coefficient (Wildman–Crippen LogP) is 0.640. The molecule has 53 heavy (non-hydrogen) atoms. The lowest BCUT2D eigenvalue weighted by atomic mass is 9.79. The number of aromatic nitrogens is 2. The molecule has 2 bridgehead atoms. The minimum atomic E-state index is -1.37. The maximum atomic E-state index is 14.0. The first kappa shape index (κ1) is 40.9. The summed E-state index contributed by atoms with van der Waals surface area (Å²) in [6.45, 7) is 5.01. The monoisotopic (exact) mass is 738 g/mol. The van der Waals surface area contributed by atoms with Gasteiger partial charge in [-0.15, -0.1) is 10.2 Å². The average Bonchev–Trinajstić information content (AvgIpc) is 3.79. The minimum Gasteiger partial charge on any atom is -0.499 e. The molecule has 2 aliphatic rings. The number of nitrogens with zero attached hydrogens (tertiary/aromatic N) is 5. The third kappa shape index (κ3) is 12.1. The van der Waals surface area contributed by atoms with E-state index in [9.17, 15) is 28.8 Å². The summed E-state index contributed by atoms with van der Waals surface area (Å²) in [5.74, 6) is -3.08. The number of benzene rings is 1. The number of nitrogens with one attached hydrogen (secondary N) is 3. The second kappa shape index (κ2) is 19.3. The molecule has 1 fully saturated rings. The van der Waals surface area contributed by atoms with Crippen LogP contribution >= 0.6 is 0 Å². The molecular formula is C35H51BN8O9. The van der Waals surface area contributed by atoms with Crippen molar-refractivity contribution in [3.05, 3.63) is 47.7 Å². The van der Waals surface area contributed by atoms with Gasteiger partial charge in [-0.1, -0.05) is 51.1 Å². The van der Waals surface area contributed by atoms with Gasteiger partial charge >= 0.3 is 13.1 Å². The zero-order chi connectivity index (χ0) is 38.7. The highest BCUT2D eigenvalue weighted by Crippen LogP contribution is 2.35. The fourth-order valence-corrected chi connectivity index (χ4v) is 6.38. The van der Waals surface area contributed by atoms with Crippen molar-refractivity contribution < 1.29 is 42.5 Å². The van der Waals surface area contributed by atoms with Gasteiger partial charge in [-0.25, -0.2) is 0 Å². The normalized spacial score (nSPS) is 22.0. The maximum Gasteiger partial charge on any atom is 0.600 e. The van der Waals surface area contributed by atoms with E-state index in [2.05, 4.69) is 26.1 Å². The summed E-state index contributed by atoms with van der Waals surface area (Å²) in [6.07, 6.45) is 1.45. The minimum absolute atomic E-state index is 0.0220. The number of hydrogen-bond acceptors (Lipinski definition) is 13. The van der Waals surface area contributed by atoms with Crippen LogP contribution in [0.4, 0.5) is 0 Å². The number of carbonyl (C=O) groups is 6. The Morgan fingerprint density at radius 2 is 1.68 bits per heavy atom. The maximum absolute atomic E-state index is 14.0. The fraction of sp³-hybridized carbons (Fsp3) is 0.600. The van der Waals surface area contributed by atoms with E-state index < -0.39 is 67.5 Å². The van der Waals surface area contributed by atoms with Crippen molar-refractivity contribution in [3.63, 3.8) is 0 Å². The van der Waals surface area contributed by atoms with E-state index in [1.54, 1.807) is 25.9 Å². The summed E-state index contributed by atoms with van der Waals surface area (Å²) < 4.78 is 17.5. The molecule has 288 valence electrons. The second-order valence-corrected chi connectivity index (χ2v) is 14.1. The molecule has 3 N–H and O–H groups in total. The molecule has 3 heterocycles. The third-order valence-corrected chi connectivity index (χ3v) is 8.85. The lowest BCUT2D eigenvalue weighted by molar-refractivity contribution is -0.141. The van der Waals surface area contributed by atoms with Crippen LogP contribution in [0.15, 0.2) is 34.7 Å². The van der Waals surface area contributed by atoms with Crippen LogP contribution in [0.3, 0.4) is 0 Å². The first-order chi connectivity index (χ1) is 25.2. The number of fused-ring (bicyclic) bond motifs is 3. The van der Waals surface area contributed by atoms with E-state index in [1.807, 2.05) is 49.1 Å². The van der Waals surface area contributed by atoms with Gasteiger partial charge in [0.15, 0.2) is 0 Å². The Hall–Kier alpha value is -4.84. The molecule has 1 aromatic heterocycles. The van der Waals surface area contributed by atoms with Crippen molar-refractivity contribution in [2.75, 3.05) is 47.3 Å². The zero-order valence-electron chi connectivity index (χ0n) is 31.3. The molecule has 2 aliphatic heterocycles. The molecule has 0 aliphatic carbocycles. The van der Waals surface area contributed by atoms with Gasteiger partial charge in [0, 0.05) is 26.2 Å². The molecule has 1 saturated heterocycles. The van der Waals surface area contributed by atoms with Gasteiger partial charge in [0.25, 0.3) is 5.97 Å². The first-order valence-electron chi connectivity index (χ1n) is 18.0. The Labute approximate surface area is 310 Å². The summed E-state index contributed by atoms with van der Waals surface area (Å²) in [5.41, 5.74) is 0.854. The molecule has 17 nitrogen and oxygen atoms in total. The summed E-state index contributed by atoms with van der Waals surface area (Å²) in [5, 5.41) is 16.9. The van der Waals surface area contributed by atoms with Gasteiger partial charge in [0.1, 0.15) is 12.1 Å². The number of amides is 4. The van der Waals surface area contributed by atoms with Gasteiger partial charge in [0.05, 0.1) is 31.7 Å². The topological polar surface area (TPSA) is 206 Å². The Bertz CT molecular complexity index is 1590. The summed E-state index contributed by atoms with van der Waals surface area (Å²) in [6, 6.07) is 5.90. The van der Waals surface area contributed by atoms with E-state index in [0.29, 0.717) is 25.8 Å². The van der Waals surface area contributed by atoms with Crippen molar-refractivity contribution in [1.29, 1.82) is 0 Å². The highest BCUT2D eigenvalue weighted by Gasteiger charge is 2.44. The van der Waals surface area contributed by atoms with E-state index in [0.717, 1.165) is 5.56 Å². The van der Waals surface area contributed by atoms with Gasteiger partial charge in [-0.05, 0) is 51.4 Å². The third-order valence-electron chi connectivity index (χ3n) is 8.85. The molecule has 4 atom stereocenters. The Balaban J connectivity index is 1.77. The number of rotatable bonds is 11. The molecule has 0 radical (unpaired) electrons. The van der Waals surface area contributed by atoms with Crippen molar-refractivity contribution in [3.8, 4) is 0 Å². The van der Waals surface area contributed by atoms with Crippen LogP contribution in [-0.2, 0) is 44.5 Å². The first-order valence-corrected chi connectivity index (χ1v) is 18.0. The van der Waals surface area contributed by atoms with Crippen molar-refractivity contribution in [2.24, 2.45) is 5.92 Å². The summed E-state index contributed by atoms with van der Waals surface area (Å²) >= 11 is 0. The predicted molar refractivity (Wildman–Crippen MR) is 191 cm³/mol. The van der Waals surface area contributed by atoms with E-state index >= 15 is 0 Å².